The summed E-state index contributed by atoms with van der Waals surface area (Å²) in [6.45, 7) is 0. The second-order valence-electron chi connectivity index (χ2n) is 5.75. The molecule has 0 bridgehead atoms. The number of methoxy groups -OCH3 is 1. The summed E-state index contributed by atoms with van der Waals surface area (Å²) in [7, 11) is 1.37. The Balaban J connectivity index is 1.58. The molecule has 0 radical (unpaired) electrons. The maximum absolute atomic E-state index is 11.4. The zero-order chi connectivity index (χ0) is 18.8. The lowest BCUT2D eigenvalue weighted by Gasteiger charge is -2.04. The summed E-state index contributed by atoms with van der Waals surface area (Å²) in [4.78, 5) is 20.2. The second-order valence-corrected chi connectivity index (χ2v) is 6.76. The number of rotatable bonds is 5. The third-order valence-electron chi connectivity index (χ3n) is 3.86. The molecule has 0 fully saturated rings. The highest BCUT2D eigenvalue weighted by molar-refractivity contribution is 7.20. The fourth-order valence-electron chi connectivity index (χ4n) is 2.60. The van der Waals surface area contributed by atoms with E-state index in [4.69, 9.17) is 10.5 Å². The summed E-state index contributed by atoms with van der Waals surface area (Å²) < 4.78 is 7.25. The Morgan fingerprint density at radius 1 is 1.22 bits per heavy atom. The number of thiazole rings is 1. The fraction of sp³-hybridized carbons (Fsp3) is 0.111. The molecule has 0 spiro atoms. The first-order valence-corrected chi connectivity index (χ1v) is 8.95. The van der Waals surface area contributed by atoms with Crippen molar-refractivity contribution in [1.29, 1.82) is 0 Å². The molecule has 2 heterocycles. The van der Waals surface area contributed by atoms with Crippen molar-refractivity contribution in [3.8, 4) is 5.13 Å². The van der Waals surface area contributed by atoms with E-state index >= 15 is 0 Å². The molecule has 136 valence electrons. The van der Waals surface area contributed by atoms with Crippen molar-refractivity contribution in [1.82, 2.24) is 19.7 Å². The van der Waals surface area contributed by atoms with Crippen LogP contribution >= 0.6 is 11.3 Å². The van der Waals surface area contributed by atoms with Crippen LogP contribution in [-0.4, -0.2) is 32.8 Å². The van der Waals surface area contributed by atoms with E-state index < -0.39 is 0 Å². The van der Waals surface area contributed by atoms with Crippen LogP contribution in [0.3, 0.4) is 0 Å². The van der Waals surface area contributed by atoms with Crippen LogP contribution in [0.25, 0.3) is 15.3 Å². The smallest absolute Gasteiger partial charge is 0.309 e. The monoisotopic (exact) mass is 380 g/mol. The third kappa shape index (κ3) is 3.58. The number of aromatic nitrogens is 4. The van der Waals surface area contributed by atoms with Gasteiger partial charge in [-0.1, -0.05) is 35.6 Å². The Morgan fingerprint density at radius 3 is 2.89 bits per heavy atom. The van der Waals surface area contributed by atoms with Gasteiger partial charge in [0.25, 0.3) is 0 Å². The quantitative estimate of drug-likeness (QED) is 0.513. The minimum atomic E-state index is -0.297. The zero-order valence-electron chi connectivity index (χ0n) is 14.4. The molecular formula is C18H16N6O2S. The van der Waals surface area contributed by atoms with Crippen molar-refractivity contribution in [2.45, 2.75) is 6.42 Å². The number of anilines is 3. The number of fused-ring (bicyclic) bond motifs is 1. The van der Waals surface area contributed by atoms with Crippen LogP contribution in [0.1, 0.15) is 5.56 Å². The number of carbonyl (C=O) groups excluding carboxylic acids is 1. The molecule has 0 saturated carbocycles. The van der Waals surface area contributed by atoms with Crippen molar-refractivity contribution in [2.24, 2.45) is 0 Å². The molecule has 0 saturated heterocycles. The lowest BCUT2D eigenvalue weighted by Crippen LogP contribution is -2.04. The minimum absolute atomic E-state index is 0.196. The molecule has 27 heavy (non-hydrogen) atoms. The van der Waals surface area contributed by atoms with Gasteiger partial charge in [-0.05, 0) is 29.8 Å². The van der Waals surface area contributed by atoms with Crippen LogP contribution in [0, 0.1) is 0 Å². The van der Waals surface area contributed by atoms with Crippen molar-refractivity contribution in [3.05, 3.63) is 54.1 Å². The van der Waals surface area contributed by atoms with Gasteiger partial charge >= 0.3 is 5.97 Å². The average molecular weight is 380 g/mol. The zero-order valence-corrected chi connectivity index (χ0v) is 15.2. The number of nitrogen functional groups attached to an aromatic ring is 1. The third-order valence-corrected chi connectivity index (χ3v) is 4.87. The van der Waals surface area contributed by atoms with Crippen LogP contribution < -0.4 is 11.1 Å². The van der Waals surface area contributed by atoms with Gasteiger partial charge in [-0.25, -0.2) is 4.98 Å². The maximum Gasteiger partial charge on any atom is 0.309 e. The standard InChI is InChI=1S/C18H16N6O2S/c1-26-15(25)10-11-5-4-6-12(9-11)20-17-22-16(19)24(23-17)18-21-13-7-2-3-8-14(13)27-18/h2-9H,10H2,1H3,(H3,19,20,22,23). The lowest BCUT2D eigenvalue weighted by atomic mass is 10.1. The summed E-state index contributed by atoms with van der Waals surface area (Å²) in [6, 6.07) is 15.2. The Hall–Kier alpha value is -3.46. The summed E-state index contributed by atoms with van der Waals surface area (Å²) in [5, 5.41) is 8.15. The Labute approximate surface area is 158 Å². The van der Waals surface area contributed by atoms with Gasteiger partial charge in [-0.2, -0.15) is 9.67 Å². The van der Waals surface area contributed by atoms with Crippen LogP contribution in [0.4, 0.5) is 17.6 Å². The van der Waals surface area contributed by atoms with Crippen LogP contribution in [0.15, 0.2) is 48.5 Å². The first-order chi connectivity index (χ1) is 13.1. The number of para-hydroxylation sites is 1. The molecular weight excluding hydrogens is 364 g/mol. The van der Waals surface area contributed by atoms with Crippen molar-refractivity contribution < 1.29 is 9.53 Å². The lowest BCUT2D eigenvalue weighted by molar-refractivity contribution is -0.139. The molecule has 8 nitrogen and oxygen atoms in total. The van der Waals surface area contributed by atoms with E-state index in [1.807, 2.05) is 48.5 Å². The highest BCUT2D eigenvalue weighted by atomic mass is 32.1. The first-order valence-electron chi connectivity index (χ1n) is 8.13. The Morgan fingerprint density at radius 2 is 2.07 bits per heavy atom. The fourth-order valence-corrected chi connectivity index (χ4v) is 3.52. The van der Waals surface area contributed by atoms with Crippen LogP contribution in [0.5, 0.6) is 0 Å². The van der Waals surface area contributed by atoms with E-state index in [1.165, 1.54) is 23.1 Å². The van der Waals surface area contributed by atoms with Gasteiger partial charge < -0.3 is 15.8 Å². The van der Waals surface area contributed by atoms with Gasteiger partial charge in [0.1, 0.15) is 0 Å². The van der Waals surface area contributed by atoms with E-state index in [9.17, 15) is 4.79 Å². The number of nitrogens with one attached hydrogen (secondary N) is 1. The van der Waals surface area contributed by atoms with E-state index in [0.29, 0.717) is 11.1 Å². The summed E-state index contributed by atoms with van der Waals surface area (Å²) in [5.74, 6) is 0.291. The molecule has 9 heteroatoms. The van der Waals surface area contributed by atoms with E-state index in [-0.39, 0.29) is 18.3 Å². The molecule has 0 amide bonds. The molecule has 0 aliphatic heterocycles. The van der Waals surface area contributed by atoms with Crippen molar-refractivity contribution in [2.75, 3.05) is 18.2 Å². The number of hydrogen-bond donors (Lipinski definition) is 2. The highest BCUT2D eigenvalue weighted by Crippen LogP contribution is 2.26. The Bertz CT molecular complexity index is 1090. The van der Waals surface area contributed by atoms with Crippen LogP contribution in [0.2, 0.25) is 0 Å². The predicted molar refractivity (Wildman–Crippen MR) is 104 cm³/mol. The molecule has 0 aliphatic rings. The Kier molecular flexibility index (Phi) is 4.43. The average Bonchev–Trinajstić information content (AvgIpc) is 3.24. The van der Waals surface area contributed by atoms with Crippen LogP contribution in [-0.2, 0) is 16.0 Å². The SMILES string of the molecule is COC(=O)Cc1cccc(Nc2nc(N)n(-c3nc4ccccc4s3)n2)c1. The molecule has 0 atom stereocenters. The minimum Gasteiger partial charge on any atom is -0.469 e. The number of esters is 1. The van der Waals surface area contributed by atoms with Crippen molar-refractivity contribution >= 4 is 45.1 Å². The van der Waals surface area contributed by atoms with Gasteiger partial charge in [0.15, 0.2) is 0 Å². The topological polar surface area (TPSA) is 108 Å². The van der Waals surface area contributed by atoms with Gasteiger partial charge in [0, 0.05) is 5.69 Å². The normalized spacial score (nSPS) is 10.9. The largest absolute Gasteiger partial charge is 0.469 e. The number of nitrogens with zero attached hydrogens (tertiary/aromatic N) is 4. The summed E-state index contributed by atoms with van der Waals surface area (Å²) in [6.07, 6.45) is 0.196. The van der Waals surface area contributed by atoms with E-state index in [2.05, 4.69) is 20.4 Å². The van der Waals surface area contributed by atoms with Gasteiger partial charge in [0.2, 0.25) is 17.0 Å². The van der Waals surface area contributed by atoms with E-state index in [1.54, 1.807) is 0 Å². The van der Waals surface area contributed by atoms with Crippen molar-refractivity contribution in [3.63, 3.8) is 0 Å². The first kappa shape index (κ1) is 17.0. The molecule has 3 N–H and O–H groups in total. The molecule has 2 aromatic heterocycles. The molecule has 0 aliphatic carbocycles. The maximum atomic E-state index is 11.4. The van der Waals surface area contributed by atoms with Gasteiger partial charge in [0.05, 0.1) is 23.7 Å². The van der Waals surface area contributed by atoms with E-state index in [0.717, 1.165) is 21.5 Å². The second kappa shape index (κ2) is 7.04. The molecule has 2 aromatic carbocycles. The summed E-state index contributed by atoms with van der Waals surface area (Å²) in [5.41, 5.74) is 8.48. The molecule has 4 rings (SSSR count). The summed E-state index contributed by atoms with van der Waals surface area (Å²) >= 11 is 1.49. The number of hydrogen-bond acceptors (Lipinski definition) is 8. The number of carbonyl (C=O) groups is 1. The highest BCUT2D eigenvalue weighted by Gasteiger charge is 2.13. The predicted octanol–water partition coefficient (Wildman–Crippen LogP) is 2.92. The molecule has 0 unspecified atom stereocenters. The number of benzene rings is 2. The number of nitrogens with two attached hydrogens (primary N) is 1. The number of ether oxygens (including phenoxy) is 1. The van der Waals surface area contributed by atoms with Gasteiger partial charge in [-0.3, -0.25) is 4.79 Å². The molecule has 4 aromatic rings. The van der Waals surface area contributed by atoms with Gasteiger partial charge in [-0.15, -0.1) is 5.10 Å².